The van der Waals surface area contributed by atoms with E-state index in [4.69, 9.17) is 9.72 Å². The third-order valence-corrected chi connectivity index (χ3v) is 5.53. The lowest BCUT2D eigenvalue weighted by molar-refractivity contribution is 0.0629. The van der Waals surface area contributed by atoms with E-state index in [1.54, 1.807) is 0 Å². The van der Waals surface area contributed by atoms with Gasteiger partial charge in [-0.15, -0.1) is 0 Å². The van der Waals surface area contributed by atoms with Gasteiger partial charge in [0.2, 0.25) is 0 Å². The molecule has 3 heterocycles. The number of rotatable bonds is 5. The number of nitrogens with zero attached hydrogens (tertiary/aromatic N) is 5. The Kier molecular flexibility index (Phi) is 6.88. The second kappa shape index (κ2) is 9.35. The molecule has 27 heavy (non-hydrogen) atoms. The zero-order chi connectivity index (χ0) is 19.2. The van der Waals surface area contributed by atoms with Crippen LogP contribution in [-0.2, 0) is 11.2 Å². The number of piperidine rings is 1. The van der Waals surface area contributed by atoms with Crippen LogP contribution >= 0.6 is 0 Å². The van der Waals surface area contributed by atoms with Crippen molar-refractivity contribution in [1.82, 2.24) is 19.8 Å². The number of piperazine rings is 1. The van der Waals surface area contributed by atoms with E-state index in [0.29, 0.717) is 12.6 Å². The van der Waals surface area contributed by atoms with Crippen LogP contribution < -0.4 is 4.90 Å². The molecular weight excluding hydrogens is 342 g/mol. The minimum atomic E-state index is -0.178. The standard InChI is InChI=1S/C20H33N5O2/c1-4-7-17-14-21-16(3)22-19(17)25-9-6-8-18(15-25)23-10-12-24(13-11-23)20(26)27-5-2/h14,18H,4-13,15H2,1-3H3/t18-/m0/s1. The third kappa shape index (κ3) is 4.89. The van der Waals surface area contributed by atoms with Crippen molar-refractivity contribution in [2.45, 2.75) is 52.5 Å². The van der Waals surface area contributed by atoms with E-state index in [-0.39, 0.29) is 6.09 Å². The van der Waals surface area contributed by atoms with Crippen molar-refractivity contribution in [3.05, 3.63) is 17.6 Å². The molecule has 0 unspecified atom stereocenters. The number of amides is 1. The molecule has 1 atom stereocenters. The van der Waals surface area contributed by atoms with Gasteiger partial charge in [-0.05, 0) is 33.1 Å². The maximum Gasteiger partial charge on any atom is 0.409 e. The Morgan fingerprint density at radius 2 is 2.00 bits per heavy atom. The van der Waals surface area contributed by atoms with Gasteiger partial charge in [0.1, 0.15) is 11.6 Å². The van der Waals surface area contributed by atoms with Crippen LogP contribution in [-0.4, -0.2) is 77.8 Å². The topological polar surface area (TPSA) is 61.8 Å². The van der Waals surface area contributed by atoms with E-state index >= 15 is 0 Å². The molecule has 2 aliphatic rings. The second-order valence-electron chi connectivity index (χ2n) is 7.48. The predicted molar refractivity (Wildman–Crippen MR) is 106 cm³/mol. The molecule has 0 bridgehead atoms. The fourth-order valence-electron chi connectivity index (χ4n) is 4.13. The Hall–Kier alpha value is -1.89. The van der Waals surface area contributed by atoms with Crippen LogP contribution in [0.3, 0.4) is 0 Å². The van der Waals surface area contributed by atoms with Crippen molar-refractivity contribution < 1.29 is 9.53 Å². The molecule has 7 heteroatoms. The Balaban J connectivity index is 1.62. The Bertz CT molecular complexity index is 631. The van der Waals surface area contributed by atoms with Crippen LogP contribution in [0.1, 0.15) is 44.5 Å². The van der Waals surface area contributed by atoms with Crippen LogP contribution in [0.25, 0.3) is 0 Å². The molecule has 1 aromatic heterocycles. The molecule has 0 N–H and O–H groups in total. The first-order valence-electron chi connectivity index (χ1n) is 10.4. The van der Waals surface area contributed by atoms with Gasteiger partial charge in [-0.25, -0.2) is 14.8 Å². The zero-order valence-electron chi connectivity index (χ0n) is 17.0. The van der Waals surface area contributed by atoms with Crippen molar-refractivity contribution in [1.29, 1.82) is 0 Å². The van der Waals surface area contributed by atoms with Gasteiger partial charge in [-0.2, -0.15) is 0 Å². The molecule has 2 fully saturated rings. The van der Waals surface area contributed by atoms with Crippen LogP contribution in [0.4, 0.5) is 10.6 Å². The highest BCUT2D eigenvalue weighted by Gasteiger charge is 2.30. The summed E-state index contributed by atoms with van der Waals surface area (Å²) in [6.07, 6.45) is 6.34. The van der Waals surface area contributed by atoms with Crippen molar-refractivity contribution >= 4 is 11.9 Å². The van der Waals surface area contributed by atoms with Crippen molar-refractivity contribution in [3.8, 4) is 0 Å². The van der Waals surface area contributed by atoms with Gasteiger partial charge < -0.3 is 14.5 Å². The first-order chi connectivity index (χ1) is 13.1. The summed E-state index contributed by atoms with van der Waals surface area (Å²) in [6.45, 7) is 11.9. The number of hydrogen-bond donors (Lipinski definition) is 0. The smallest absolute Gasteiger partial charge is 0.409 e. The third-order valence-electron chi connectivity index (χ3n) is 5.53. The van der Waals surface area contributed by atoms with E-state index in [2.05, 4.69) is 21.7 Å². The van der Waals surface area contributed by atoms with Gasteiger partial charge in [0.15, 0.2) is 0 Å². The zero-order valence-corrected chi connectivity index (χ0v) is 17.0. The summed E-state index contributed by atoms with van der Waals surface area (Å²) >= 11 is 0. The number of aromatic nitrogens is 2. The second-order valence-corrected chi connectivity index (χ2v) is 7.48. The molecule has 1 amide bonds. The maximum atomic E-state index is 11.9. The summed E-state index contributed by atoms with van der Waals surface area (Å²) in [5.74, 6) is 1.97. The number of carbonyl (C=O) groups is 1. The molecule has 0 spiro atoms. The summed E-state index contributed by atoms with van der Waals surface area (Å²) in [5.41, 5.74) is 1.26. The molecule has 150 valence electrons. The first kappa shape index (κ1) is 19.9. The maximum absolute atomic E-state index is 11.9. The summed E-state index contributed by atoms with van der Waals surface area (Å²) < 4.78 is 5.13. The van der Waals surface area contributed by atoms with E-state index < -0.39 is 0 Å². The molecule has 0 saturated carbocycles. The first-order valence-corrected chi connectivity index (χ1v) is 10.4. The summed E-state index contributed by atoms with van der Waals surface area (Å²) in [7, 11) is 0. The van der Waals surface area contributed by atoms with Gasteiger partial charge in [-0.3, -0.25) is 4.90 Å². The highest BCUT2D eigenvalue weighted by Crippen LogP contribution is 2.25. The molecule has 2 aliphatic heterocycles. The summed E-state index contributed by atoms with van der Waals surface area (Å²) in [6, 6.07) is 0.521. The Morgan fingerprint density at radius 1 is 1.22 bits per heavy atom. The van der Waals surface area contributed by atoms with Gasteiger partial charge >= 0.3 is 6.09 Å². The lowest BCUT2D eigenvalue weighted by Gasteiger charge is -2.43. The number of anilines is 1. The number of carbonyl (C=O) groups excluding carboxylic acids is 1. The average molecular weight is 376 g/mol. The van der Waals surface area contributed by atoms with Crippen molar-refractivity contribution in [2.24, 2.45) is 0 Å². The van der Waals surface area contributed by atoms with Gasteiger partial charge in [0.05, 0.1) is 6.61 Å². The van der Waals surface area contributed by atoms with E-state index in [0.717, 1.165) is 63.8 Å². The molecule has 7 nitrogen and oxygen atoms in total. The number of hydrogen-bond acceptors (Lipinski definition) is 6. The fraction of sp³-hybridized carbons (Fsp3) is 0.750. The summed E-state index contributed by atoms with van der Waals surface area (Å²) in [4.78, 5) is 27.9. The molecule has 3 rings (SSSR count). The number of aryl methyl sites for hydroxylation is 2. The molecular formula is C20H33N5O2. The van der Waals surface area contributed by atoms with E-state index in [1.807, 2.05) is 24.9 Å². The van der Waals surface area contributed by atoms with E-state index in [9.17, 15) is 4.79 Å². The fourth-order valence-corrected chi connectivity index (χ4v) is 4.13. The highest BCUT2D eigenvalue weighted by molar-refractivity contribution is 5.67. The lowest BCUT2D eigenvalue weighted by atomic mass is 10.0. The number of ether oxygens (including phenoxy) is 1. The Labute approximate surface area is 162 Å². The molecule has 0 aliphatic carbocycles. The highest BCUT2D eigenvalue weighted by atomic mass is 16.6. The Morgan fingerprint density at radius 3 is 2.70 bits per heavy atom. The molecule has 1 aromatic rings. The van der Waals surface area contributed by atoms with Crippen molar-refractivity contribution in [3.63, 3.8) is 0 Å². The van der Waals surface area contributed by atoms with Crippen molar-refractivity contribution in [2.75, 3.05) is 50.8 Å². The quantitative estimate of drug-likeness (QED) is 0.788. The van der Waals surface area contributed by atoms with Crippen LogP contribution in [0, 0.1) is 6.92 Å². The average Bonchev–Trinajstić information content (AvgIpc) is 2.70. The van der Waals surface area contributed by atoms with Gasteiger partial charge in [0, 0.05) is 57.1 Å². The predicted octanol–water partition coefficient (Wildman–Crippen LogP) is 2.48. The minimum Gasteiger partial charge on any atom is -0.450 e. The SMILES string of the molecule is CCCc1cnc(C)nc1N1CCC[C@H](N2CCN(C(=O)OCC)CC2)C1. The summed E-state index contributed by atoms with van der Waals surface area (Å²) in [5, 5.41) is 0. The van der Waals surface area contributed by atoms with Crippen LogP contribution in [0.15, 0.2) is 6.20 Å². The molecule has 0 radical (unpaired) electrons. The van der Waals surface area contributed by atoms with Gasteiger partial charge in [-0.1, -0.05) is 13.3 Å². The van der Waals surface area contributed by atoms with Crippen LogP contribution in [0.2, 0.25) is 0 Å². The molecule has 0 aromatic carbocycles. The van der Waals surface area contributed by atoms with E-state index in [1.165, 1.54) is 18.4 Å². The normalized spacial score (nSPS) is 21.4. The lowest BCUT2D eigenvalue weighted by Crippen LogP contribution is -2.56. The largest absolute Gasteiger partial charge is 0.450 e. The van der Waals surface area contributed by atoms with Crippen LogP contribution in [0.5, 0.6) is 0 Å². The monoisotopic (exact) mass is 375 g/mol. The van der Waals surface area contributed by atoms with Gasteiger partial charge in [0.25, 0.3) is 0 Å². The molecule has 2 saturated heterocycles. The minimum absolute atomic E-state index is 0.178.